The third-order valence-corrected chi connectivity index (χ3v) is 5.63. The molecule has 17 heavy (non-hydrogen) atoms. The number of carbonyl (C=O) groups is 1. The van der Waals surface area contributed by atoms with E-state index < -0.39 is 5.97 Å². The standard InChI is InChI=1S/C12H22N2O2S/c1-10-12(3-8-17-10,9-11(15)16)14-6-4-13(2)5-7-14/h10H,3-9H2,1-2H3,(H,15,16). The molecule has 0 aromatic carbocycles. The lowest BCUT2D eigenvalue weighted by Gasteiger charge is -2.46. The second-order valence-corrected chi connectivity index (χ2v) is 6.68. The second kappa shape index (κ2) is 5.16. The van der Waals surface area contributed by atoms with Gasteiger partial charge in [-0.1, -0.05) is 6.92 Å². The van der Waals surface area contributed by atoms with E-state index >= 15 is 0 Å². The first-order valence-electron chi connectivity index (χ1n) is 6.31. The monoisotopic (exact) mass is 258 g/mol. The highest BCUT2D eigenvalue weighted by Crippen LogP contribution is 2.42. The van der Waals surface area contributed by atoms with Crippen LogP contribution in [-0.2, 0) is 4.79 Å². The molecule has 2 atom stereocenters. The smallest absolute Gasteiger partial charge is 0.305 e. The summed E-state index contributed by atoms with van der Waals surface area (Å²) in [4.78, 5) is 15.9. The van der Waals surface area contributed by atoms with Crippen molar-refractivity contribution in [1.29, 1.82) is 0 Å². The molecule has 2 aliphatic heterocycles. The van der Waals surface area contributed by atoms with Gasteiger partial charge in [0.2, 0.25) is 0 Å². The highest BCUT2D eigenvalue weighted by atomic mass is 32.2. The van der Waals surface area contributed by atoms with E-state index in [1.54, 1.807) is 0 Å². The third kappa shape index (κ3) is 2.61. The maximum Gasteiger partial charge on any atom is 0.305 e. The van der Waals surface area contributed by atoms with Gasteiger partial charge in [0.25, 0.3) is 0 Å². The van der Waals surface area contributed by atoms with E-state index in [1.807, 2.05) is 11.8 Å². The summed E-state index contributed by atoms with van der Waals surface area (Å²) >= 11 is 1.92. The zero-order chi connectivity index (χ0) is 12.5. The Morgan fingerprint density at radius 2 is 2.06 bits per heavy atom. The summed E-state index contributed by atoms with van der Waals surface area (Å²) < 4.78 is 0. The molecule has 4 nitrogen and oxygen atoms in total. The first kappa shape index (κ1) is 13.2. The molecule has 5 heteroatoms. The fraction of sp³-hybridized carbons (Fsp3) is 0.917. The van der Waals surface area contributed by atoms with Gasteiger partial charge in [0, 0.05) is 37.0 Å². The Labute approximate surface area is 107 Å². The van der Waals surface area contributed by atoms with E-state index in [0.29, 0.717) is 11.7 Å². The summed E-state index contributed by atoms with van der Waals surface area (Å²) in [5.74, 6) is 0.444. The Balaban J connectivity index is 2.12. The number of aliphatic carboxylic acids is 1. The molecule has 0 bridgehead atoms. The molecular weight excluding hydrogens is 236 g/mol. The van der Waals surface area contributed by atoms with Crippen molar-refractivity contribution in [2.45, 2.75) is 30.6 Å². The molecule has 2 rings (SSSR count). The summed E-state index contributed by atoms with van der Waals surface area (Å²) in [5.41, 5.74) is -0.0994. The number of hydrogen-bond donors (Lipinski definition) is 1. The molecule has 1 N–H and O–H groups in total. The normalized spacial score (nSPS) is 36.2. The van der Waals surface area contributed by atoms with Gasteiger partial charge in [0.15, 0.2) is 0 Å². The number of rotatable bonds is 3. The van der Waals surface area contributed by atoms with Crippen LogP contribution in [-0.4, -0.2) is 70.6 Å². The summed E-state index contributed by atoms with van der Waals surface area (Å²) in [6, 6.07) is 0. The highest BCUT2D eigenvalue weighted by molar-refractivity contribution is 8.00. The van der Waals surface area contributed by atoms with Crippen LogP contribution in [0, 0.1) is 0 Å². The number of thioether (sulfide) groups is 1. The summed E-state index contributed by atoms with van der Waals surface area (Å²) in [6.07, 6.45) is 1.32. The molecule has 2 unspecified atom stereocenters. The quantitative estimate of drug-likeness (QED) is 0.817. The first-order chi connectivity index (χ1) is 8.04. The lowest BCUT2D eigenvalue weighted by molar-refractivity contribution is -0.141. The molecule has 0 spiro atoms. The lowest BCUT2D eigenvalue weighted by atomic mass is 9.86. The van der Waals surface area contributed by atoms with Crippen LogP contribution < -0.4 is 0 Å². The van der Waals surface area contributed by atoms with E-state index in [0.717, 1.165) is 38.4 Å². The minimum Gasteiger partial charge on any atom is -0.481 e. The molecule has 0 amide bonds. The van der Waals surface area contributed by atoms with Crippen LogP contribution in [0.25, 0.3) is 0 Å². The Morgan fingerprint density at radius 3 is 2.53 bits per heavy atom. The van der Waals surface area contributed by atoms with Crippen LogP contribution in [0.4, 0.5) is 0 Å². The van der Waals surface area contributed by atoms with Gasteiger partial charge < -0.3 is 10.0 Å². The molecule has 0 radical (unpaired) electrons. The molecule has 2 saturated heterocycles. The average molecular weight is 258 g/mol. The van der Waals surface area contributed by atoms with Crippen molar-refractivity contribution in [2.75, 3.05) is 39.0 Å². The number of carboxylic acids is 1. The number of likely N-dealkylation sites (N-methyl/N-ethyl adjacent to an activating group) is 1. The molecule has 0 saturated carbocycles. The van der Waals surface area contributed by atoms with Gasteiger partial charge in [-0.25, -0.2) is 0 Å². The van der Waals surface area contributed by atoms with Crippen LogP contribution in [0.3, 0.4) is 0 Å². The van der Waals surface area contributed by atoms with E-state index in [4.69, 9.17) is 0 Å². The van der Waals surface area contributed by atoms with Gasteiger partial charge >= 0.3 is 5.97 Å². The van der Waals surface area contributed by atoms with Gasteiger partial charge in [-0.15, -0.1) is 0 Å². The Kier molecular flexibility index (Phi) is 4.00. The first-order valence-corrected chi connectivity index (χ1v) is 7.36. The predicted octanol–water partition coefficient (Wildman–Crippen LogP) is 0.973. The largest absolute Gasteiger partial charge is 0.481 e. The zero-order valence-electron chi connectivity index (χ0n) is 10.7. The van der Waals surface area contributed by atoms with Gasteiger partial charge in [-0.3, -0.25) is 9.69 Å². The molecule has 0 aromatic heterocycles. The van der Waals surface area contributed by atoms with E-state index in [9.17, 15) is 9.90 Å². The third-order valence-electron chi connectivity index (χ3n) is 4.25. The van der Waals surface area contributed by atoms with Gasteiger partial charge in [-0.2, -0.15) is 11.8 Å². The summed E-state index contributed by atoms with van der Waals surface area (Å²) in [5, 5.41) is 9.63. The van der Waals surface area contributed by atoms with Gasteiger partial charge in [-0.05, 0) is 19.2 Å². The van der Waals surface area contributed by atoms with Crippen LogP contribution in [0.5, 0.6) is 0 Å². The van der Waals surface area contributed by atoms with Crippen molar-refractivity contribution in [1.82, 2.24) is 9.80 Å². The van der Waals surface area contributed by atoms with Crippen molar-refractivity contribution in [3.05, 3.63) is 0 Å². The molecule has 2 heterocycles. The number of hydrogen-bond acceptors (Lipinski definition) is 4. The van der Waals surface area contributed by atoms with E-state index in [-0.39, 0.29) is 5.54 Å². The molecule has 98 valence electrons. The summed E-state index contributed by atoms with van der Waals surface area (Å²) in [7, 11) is 2.13. The van der Waals surface area contributed by atoms with E-state index in [1.165, 1.54) is 0 Å². The van der Waals surface area contributed by atoms with Crippen molar-refractivity contribution < 1.29 is 9.90 Å². The fourth-order valence-corrected chi connectivity index (χ4v) is 4.53. The molecule has 0 aromatic rings. The van der Waals surface area contributed by atoms with Crippen molar-refractivity contribution in [3.8, 4) is 0 Å². The van der Waals surface area contributed by atoms with Crippen molar-refractivity contribution in [2.24, 2.45) is 0 Å². The lowest BCUT2D eigenvalue weighted by Crippen LogP contribution is -2.59. The maximum absolute atomic E-state index is 11.2. The van der Waals surface area contributed by atoms with E-state index in [2.05, 4.69) is 23.8 Å². The minimum absolute atomic E-state index is 0.0994. The number of nitrogens with zero attached hydrogens (tertiary/aromatic N) is 2. The fourth-order valence-electron chi connectivity index (χ4n) is 3.04. The summed E-state index contributed by atoms with van der Waals surface area (Å²) in [6.45, 7) is 6.32. The highest BCUT2D eigenvalue weighted by Gasteiger charge is 2.47. The van der Waals surface area contributed by atoms with Crippen molar-refractivity contribution >= 4 is 17.7 Å². The van der Waals surface area contributed by atoms with Gasteiger partial charge in [0.1, 0.15) is 0 Å². The van der Waals surface area contributed by atoms with Crippen LogP contribution in [0.2, 0.25) is 0 Å². The second-order valence-electron chi connectivity index (χ2n) is 5.23. The number of piperazine rings is 1. The molecule has 0 aliphatic carbocycles. The number of carboxylic acid groups (broad SMARTS) is 1. The Bertz CT molecular complexity index is 292. The SMILES string of the molecule is CC1SCCC1(CC(=O)O)N1CCN(C)CC1. The Hall–Kier alpha value is -0.260. The zero-order valence-corrected chi connectivity index (χ0v) is 11.5. The maximum atomic E-state index is 11.2. The van der Waals surface area contributed by atoms with Crippen LogP contribution in [0.15, 0.2) is 0 Å². The molecular formula is C12H22N2O2S. The molecule has 2 fully saturated rings. The average Bonchev–Trinajstić information content (AvgIpc) is 2.61. The van der Waals surface area contributed by atoms with Crippen LogP contribution in [0.1, 0.15) is 19.8 Å². The Morgan fingerprint density at radius 1 is 1.41 bits per heavy atom. The minimum atomic E-state index is -0.654. The predicted molar refractivity (Wildman–Crippen MR) is 70.6 cm³/mol. The van der Waals surface area contributed by atoms with Crippen LogP contribution >= 0.6 is 11.8 Å². The van der Waals surface area contributed by atoms with Gasteiger partial charge in [0.05, 0.1) is 6.42 Å². The topological polar surface area (TPSA) is 43.8 Å². The molecule has 2 aliphatic rings. The van der Waals surface area contributed by atoms with Crippen molar-refractivity contribution in [3.63, 3.8) is 0 Å².